The molecule has 0 bridgehead atoms. The molecule has 4 nitrogen and oxygen atoms in total. The van der Waals surface area contributed by atoms with E-state index in [0.29, 0.717) is 5.56 Å². The second kappa shape index (κ2) is 4.21. The lowest BCUT2D eigenvalue weighted by Crippen LogP contribution is -2.01. The second-order valence-electron chi connectivity index (χ2n) is 3.39. The highest BCUT2D eigenvalue weighted by Gasteiger charge is 2.16. The first-order chi connectivity index (χ1) is 8.09. The molecule has 0 aliphatic heterocycles. The highest BCUT2D eigenvalue weighted by Crippen LogP contribution is 2.28. The number of hydrogen-bond donors (Lipinski definition) is 2. The Kier molecular flexibility index (Phi) is 2.74. The third kappa shape index (κ3) is 2.08. The van der Waals surface area contributed by atoms with E-state index in [1.165, 1.54) is 30.5 Å². The summed E-state index contributed by atoms with van der Waals surface area (Å²) in [6.45, 7) is 0. The fraction of sp³-hybridized carbons (Fsp3) is 0. The number of nitrogens with zero attached hydrogens (tertiary/aromatic N) is 1. The Morgan fingerprint density at radius 2 is 1.82 bits per heavy atom. The molecule has 0 atom stereocenters. The minimum atomic E-state index is -1.26. The van der Waals surface area contributed by atoms with E-state index in [1.54, 1.807) is 0 Å². The van der Waals surface area contributed by atoms with Crippen LogP contribution in [-0.4, -0.2) is 21.2 Å². The van der Waals surface area contributed by atoms with Crippen LogP contribution in [0.25, 0.3) is 11.1 Å². The molecule has 0 fully saturated rings. The van der Waals surface area contributed by atoms with E-state index in [2.05, 4.69) is 4.98 Å². The topological polar surface area (TPSA) is 70.4 Å². The third-order valence-electron chi connectivity index (χ3n) is 2.30. The molecule has 2 aromatic rings. The molecule has 0 saturated heterocycles. The second-order valence-corrected chi connectivity index (χ2v) is 3.39. The molecule has 2 N–H and O–H groups in total. The van der Waals surface area contributed by atoms with E-state index in [0.717, 1.165) is 6.20 Å². The van der Waals surface area contributed by atoms with Crippen molar-refractivity contribution in [3.8, 4) is 16.9 Å². The van der Waals surface area contributed by atoms with Crippen molar-refractivity contribution >= 4 is 5.97 Å². The molecular formula is C12H8FNO3. The highest BCUT2D eigenvalue weighted by atomic mass is 19.1. The van der Waals surface area contributed by atoms with Crippen molar-refractivity contribution in [3.05, 3.63) is 48.0 Å². The molecule has 0 saturated carbocycles. The van der Waals surface area contributed by atoms with Crippen molar-refractivity contribution in [2.75, 3.05) is 0 Å². The Morgan fingerprint density at radius 3 is 2.41 bits per heavy atom. The Hall–Kier alpha value is -2.43. The van der Waals surface area contributed by atoms with Gasteiger partial charge in [-0.05, 0) is 17.7 Å². The van der Waals surface area contributed by atoms with E-state index >= 15 is 0 Å². The lowest BCUT2D eigenvalue weighted by atomic mass is 10.0. The molecular weight excluding hydrogens is 225 g/mol. The molecule has 0 unspecified atom stereocenters. The SMILES string of the molecule is O=C(O)c1c(O)cncc1-c1ccc(F)cc1. The van der Waals surface area contributed by atoms with Crippen LogP contribution in [0, 0.1) is 5.82 Å². The molecule has 17 heavy (non-hydrogen) atoms. The lowest BCUT2D eigenvalue weighted by Gasteiger charge is -2.07. The summed E-state index contributed by atoms with van der Waals surface area (Å²) < 4.78 is 12.8. The van der Waals surface area contributed by atoms with Gasteiger partial charge in [0.15, 0.2) is 0 Å². The molecule has 1 heterocycles. The van der Waals surface area contributed by atoms with E-state index in [9.17, 15) is 14.3 Å². The normalized spacial score (nSPS) is 10.2. The van der Waals surface area contributed by atoms with Crippen molar-refractivity contribution in [2.24, 2.45) is 0 Å². The molecule has 0 aliphatic carbocycles. The van der Waals surface area contributed by atoms with Gasteiger partial charge in [0.05, 0.1) is 6.20 Å². The number of aromatic nitrogens is 1. The lowest BCUT2D eigenvalue weighted by molar-refractivity contribution is 0.0694. The van der Waals surface area contributed by atoms with Crippen LogP contribution in [0.3, 0.4) is 0 Å². The first kappa shape index (κ1) is 11.1. The van der Waals surface area contributed by atoms with Crippen LogP contribution in [0.4, 0.5) is 4.39 Å². The zero-order valence-corrected chi connectivity index (χ0v) is 8.59. The molecule has 1 aromatic carbocycles. The maximum absolute atomic E-state index is 12.8. The zero-order valence-electron chi connectivity index (χ0n) is 8.59. The number of carboxylic acid groups (broad SMARTS) is 1. The minimum absolute atomic E-state index is 0.244. The highest BCUT2D eigenvalue weighted by molar-refractivity contribution is 5.98. The van der Waals surface area contributed by atoms with Crippen molar-refractivity contribution in [2.45, 2.75) is 0 Å². The Labute approximate surface area is 96.0 Å². The number of halogens is 1. The van der Waals surface area contributed by atoms with Crippen LogP contribution in [-0.2, 0) is 0 Å². The number of aromatic hydroxyl groups is 1. The minimum Gasteiger partial charge on any atom is -0.505 e. The summed E-state index contributed by atoms with van der Waals surface area (Å²) in [6.07, 6.45) is 2.37. The van der Waals surface area contributed by atoms with Crippen molar-refractivity contribution < 1.29 is 19.4 Å². The molecule has 2 rings (SSSR count). The Morgan fingerprint density at radius 1 is 1.18 bits per heavy atom. The van der Waals surface area contributed by atoms with Crippen molar-refractivity contribution in [1.82, 2.24) is 4.98 Å². The van der Waals surface area contributed by atoms with E-state index < -0.39 is 17.5 Å². The average molecular weight is 233 g/mol. The summed E-state index contributed by atoms with van der Waals surface area (Å²) in [5.41, 5.74) is 0.483. The van der Waals surface area contributed by atoms with Gasteiger partial charge >= 0.3 is 5.97 Å². The number of benzene rings is 1. The summed E-state index contributed by atoms with van der Waals surface area (Å²) in [4.78, 5) is 14.7. The van der Waals surface area contributed by atoms with Crippen LogP contribution in [0.15, 0.2) is 36.7 Å². The molecule has 0 spiro atoms. The van der Waals surface area contributed by atoms with Crippen LogP contribution < -0.4 is 0 Å². The smallest absolute Gasteiger partial charge is 0.340 e. The molecule has 5 heteroatoms. The number of aromatic carboxylic acids is 1. The fourth-order valence-corrected chi connectivity index (χ4v) is 1.52. The van der Waals surface area contributed by atoms with Gasteiger partial charge in [-0.2, -0.15) is 0 Å². The molecule has 0 aliphatic rings. The monoisotopic (exact) mass is 233 g/mol. The Bertz CT molecular complexity index is 566. The number of hydrogen-bond acceptors (Lipinski definition) is 3. The van der Waals surface area contributed by atoms with Gasteiger partial charge < -0.3 is 10.2 Å². The van der Waals surface area contributed by atoms with Gasteiger partial charge in [-0.3, -0.25) is 4.98 Å². The van der Waals surface area contributed by atoms with Gasteiger partial charge in [0.1, 0.15) is 17.1 Å². The molecule has 0 radical (unpaired) electrons. The first-order valence-electron chi connectivity index (χ1n) is 4.76. The van der Waals surface area contributed by atoms with E-state index in [1.807, 2.05) is 0 Å². The van der Waals surface area contributed by atoms with Crippen LogP contribution in [0.5, 0.6) is 5.75 Å². The average Bonchev–Trinajstić information content (AvgIpc) is 2.29. The van der Waals surface area contributed by atoms with E-state index in [4.69, 9.17) is 5.11 Å². The number of carboxylic acids is 1. The van der Waals surface area contributed by atoms with Gasteiger partial charge in [-0.1, -0.05) is 12.1 Å². The third-order valence-corrected chi connectivity index (χ3v) is 2.30. The molecule has 1 aromatic heterocycles. The Balaban J connectivity index is 2.63. The van der Waals surface area contributed by atoms with Crippen molar-refractivity contribution in [1.29, 1.82) is 0 Å². The van der Waals surface area contributed by atoms with Gasteiger partial charge in [0.2, 0.25) is 0 Å². The quantitative estimate of drug-likeness (QED) is 0.834. The van der Waals surface area contributed by atoms with Gasteiger partial charge in [-0.25, -0.2) is 9.18 Å². The summed E-state index contributed by atoms with van der Waals surface area (Å²) in [7, 11) is 0. The predicted octanol–water partition coefficient (Wildman–Crippen LogP) is 2.29. The van der Waals surface area contributed by atoms with Gasteiger partial charge in [0, 0.05) is 11.8 Å². The summed E-state index contributed by atoms with van der Waals surface area (Å²) in [5.74, 6) is -2.10. The largest absolute Gasteiger partial charge is 0.505 e. The molecule has 0 amide bonds. The fourth-order valence-electron chi connectivity index (χ4n) is 1.52. The first-order valence-corrected chi connectivity index (χ1v) is 4.76. The van der Waals surface area contributed by atoms with Crippen LogP contribution in [0.1, 0.15) is 10.4 Å². The van der Waals surface area contributed by atoms with Gasteiger partial charge in [-0.15, -0.1) is 0 Å². The maximum atomic E-state index is 12.8. The summed E-state index contributed by atoms with van der Waals surface area (Å²) in [6, 6.07) is 5.28. The zero-order chi connectivity index (χ0) is 12.4. The number of rotatable bonds is 2. The maximum Gasteiger partial charge on any atom is 0.340 e. The number of carbonyl (C=O) groups is 1. The summed E-state index contributed by atoms with van der Waals surface area (Å²) in [5, 5.41) is 18.5. The van der Waals surface area contributed by atoms with E-state index in [-0.39, 0.29) is 11.1 Å². The number of pyridine rings is 1. The standard InChI is InChI=1S/C12H8FNO3/c13-8-3-1-7(2-4-8)9-5-14-6-10(15)11(9)12(16)17/h1-6,15H,(H,16,17). The van der Waals surface area contributed by atoms with Gasteiger partial charge in [0.25, 0.3) is 0 Å². The molecule has 86 valence electrons. The predicted molar refractivity (Wildman–Crippen MR) is 58.3 cm³/mol. The van der Waals surface area contributed by atoms with Crippen LogP contribution >= 0.6 is 0 Å². The van der Waals surface area contributed by atoms with Crippen molar-refractivity contribution in [3.63, 3.8) is 0 Å². The summed E-state index contributed by atoms with van der Waals surface area (Å²) >= 11 is 0. The van der Waals surface area contributed by atoms with Crippen LogP contribution in [0.2, 0.25) is 0 Å².